The van der Waals surface area contributed by atoms with Gasteiger partial charge in [-0.05, 0) is 28.0 Å². The summed E-state index contributed by atoms with van der Waals surface area (Å²) < 4.78 is 40.6. The van der Waals surface area contributed by atoms with E-state index in [1.807, 2.05) is 30.3 Å². The van der Waals surface area contributed by atoms with Gasteiger partial charge >= 0.3 is 5.69 Å². The molecule has 12 nitrogen and oxygen atoms in total. The van der Waals surface area contributed by atoms with Gasteiger partial charge in [0.1, 0.15) is 30.9 Å². The number of fused-ring (bicyclic) bond motifs is 1. The highest BCUT2D eigenvalue weighted by molar-refractivity contribution is 7.98. The molecule has 3 unspecified atom stereocenters. The number of rotatable bonds is 11. The van der Waals surface area contributed by atoms with E-state index >= 15 is 0 Å². The molecule has 0 amide bonds. The number of hydrogen-bond acceptors (Lipinski definition) is 12. The molecule has 5 rings (SSSR count). The van der Waals surface area contributed by atoms with Crippen molar-refractivity contribution in [3.8, 4) is 0 Å². The van der Waals surface area contributed by atoms with Crippen LogP contribution in [-0.2, 0) is 34.6 Å². The molecule has 1 aromatic heterocycles. The Morgan fingerprint density at radius 3 is 2.43 bits per heavy atom. The largest absolute Gasteiger partial charge is 0.778 e. The van der Waals surface area contributed by atoms with E-state index < -0.39 is 58.4 Å². The Hall–Kier alpha value is -2.67. The Morgan fingerprint density at radius 2 is 1.67 bits per heavy atom. The van der Waals surface area contributed by atoms with Crippen LogP contribution in [0.5, 0.6) is 0 Å². The molecular weight excluding hydrogens is 606 g/mol. The van der Waals surface area contributed by atoms with Gasteiger partial charge in [0.25, 0.3) is 7.82 Å². The molecule has 6 atom stereocenters. The van der Waals surface area contributed by atoms with Crippen molar-refractivity contribution >= 4 is 38.0 Å². The highest BCUT2D eigenvalue weighted by Gasteiger charge is 2.44. The SMILES string of the molecule is O=c1nc(SCc2ccccc2)ccn1[C@@H]1O[C@H](COP(=O)([O-])OP(=O)([O-])Cc2cccc3ccccc23)[C@H](O)C1O. The second kappa shape index (κ2) is 12.9. The fraction of sp³-hybridized carbons (Fsp3) is 0.259. The summed E-state index contributed by atoms with van der Waals surface area (Å²) in [7, 11) is -10.4. The summed E-state index contributed by atoms with van der Waals surface area (Å²) in [5, 5.41) is 22.7. The Balaban J connectivity index is 1.19. The lowest BCUT2D eigenvalue weighted by Gasteiger charge is -2.32. The zero-order chi connectivity index (χ0) is 29.9. The molecule has 1 aliphatic heterocycles. The number of ether oxygens (including phenoxy) is 1. The van der Waals surface area contributed by atoms with Crippen LogP contribution in [0, 0.1) is 0 Å². The second-order valence-corrected chi connectivity index (χ2v) is 13.8. The Labute approximate surface area is 244 Å². The molecule has 0 radical (unpaired) electrons. The van der Waals surface area contributed by atoms with Crippen LogP contribution in [0.25, 0.3) is 10.8 Å². The topological polar surface area (TPSA) is 183 Å². The summed E-state index contributed by atoms with van der Waals surface area (Å²) in [4.78, 5) is 41.6. The first-order valence-electron chi connectivity index (χ1n) is 12.7. The lowest BCUT2D eigenvalue weighted by molar-refractivity contribution is -0.234. The number of aromatic nitrogens is 2. The summed E-state index contributed by atoms with van der Waals surface area (Å²) in [6.45, 7) is -0.878. The Morgan fingerprint density at radius 1 is 0.952 bits per heavy atom. The molecule has 1 saturated heterocycles. The van der Waals surface area contributed by atoms with E-state index in [0.29, 0.717) is 21.7 Å². The predicted molar refractivity (Wildman–Crippen MR) is 150 cm³/mol. The maximum absolute atomic E-state index is 12.7. The van der Waals surface area contributed by atoms with Gasteiger partial charge in [-0.25, -0.2) is 4.79 Å². The zero-order valence-corrected chi connectivity index (χ0v) is 24.5. The average Bonchev–Trinajstić information content (AvgIpc) is 3.24. The molecule has 3 aromatic carbocycles. The fourth-order valence-electron chi connectivity index (χ4n) is 4.51. The summed E-state index contributed by atoms with van der Waals surface area (Å²) >= 11 is 1.33. The molecular formula is C27H26N2O10P2S-2. The lowest BCUT2D eigenvalue weighted by Crippen LogP contribution is -2.36. The molecule has 4 aromatic rings. The summed E-state index contributed by atoms with van der Waals surface area (Å²) in [6.07, 6.45) is -5.49. The van der Waals surface area contributed by atoms with Gasteiger partial charge in [-0.2, -0.15) is 4.98 Å². The van der Waals surface area contributed by atoms with Crippen LogP contribution in [0.15, 0.2) is 94.9 Å². The molecule has 1 fully saturated rings. The van der Waals surface area contributed by atoms with E-state index in [2.05, 4.69) is 9.29 Å². The first-order valence-corrected chi connectivity index (χ1v) is 16.9. The second-order valence-electron chi connectivity index (χ2n) is 9.51. The first kappa shape index (κ1) is 30.8. The first-order chi connectivity index (χ1) is 20.0. The third-order valence-corrected chi connectivity index (χ3v) is 10.5. The zero-order valence-electron chi connectivity index (χ0n) is 21.9. The van der Waals surface area contributed by atoms with Crippen molar-refractivity contribution < 1.29 is 42.7 Å². The van der Waals surface area contributed by atoms with Crippen LogP contribution >= 0.6 is 27.2 Å². The smallest absolute Gasteiger partial charge is 0.350 e. The van der Waals surface area contributed by atoms with Crippen molar-refractivity contribution in [2.45, 2.75) is 41.5 Å². The van der Waals surface area contributed by atoms with Gasteiger partial charge in [0.2, 0.25) is 0 Å². The van der Waals surface area contributed by atoms with Gasteiger partial charge < -0.3 is 33.8 Å². The molecule has 1 aliphatic rings. The number of phosphoric acid groups is 1. The average molecular weight is 633 g/mol. The third-order valence-electron chi connectivity index (χ3n) is 6.51. The van der Waals surface area contributed by atoms with Gasteiger partial charge in [-0.3, -0.25) is 13.4 Å². The molecule has 42 heavy (non-hydrogen) atoms. The van der Waals surface area contributed by atoms with Crippen molar-refractivity contribution in [2.24, 2.45) is 0 Å². The normalized spacial score (nSPS) is 23.4. The molecule has 0 aliphatic carbocycles. The van der Waals surface area contributed by atoms with Crippen LogP contribution in [0.1, 0.15) is 17.4 Å². The van der Waals surface area contributed by atoms with Gasteiger partial charge in [-0.15, -0.1) is 11.8 Å². The number of phosphoric ester groups is 1. The van der Waals surface area contributed by atoms with E-state index in [-0.39, 0.29) is 0 Å². The molecule has 2 heterocycles. The van der Waals surface area contributed by atoms with Crippen LogP contribution in [-0.4, -0.2) is 44.7 Å². The summed E-state index contributed by atoms with van der Waals surface area (Å²) in [5.74, 6) is 0.577. The van der Waals surface area contributed by atoms with Gasteiger partial charge in [0.05, 0.1) is 6.61 Å². The number of benzene rings is 3. The van der Waals surface area contributed by atoms with Crippen molar-refractivity contribution in [3.63, 3.8) is 0 Å². The summed E-state index contributed by atoms with van der Waals surface area (Å²) in [6, 6.07) is 23.1. The van der Waals surface area contributed by atoms with Crippen LogP contribution < -0.4 is 15.5 Å². The van der Waals surface area contributed by atoms with Gasteiger partial charge in [-0.1, -0.05) is 72.8 Å². The maximum Gasteiger partial charge on any atom is 0.350 e. The van der Waals surface area contributed by atoms with Crippen LogP contribution in [0.3, 0.4) is 0 Å². The quantitative estimate of drug-likeness (QED) is 0.140. The van der Waals surface area contributed by atoms with Gasteiger partial charge in [0, 0.05) is 18.1 Å². The number of thioether (sulfide) groups is 1. The molecule has 0 spiro atoms. The predicted octanol–water partition coefficient (Wildman–Crippen LogP) is 2.56. The molecule has 2 N–H and O–H groups in total. The van der Waals surface area contributed by atoms with E-state index in [9.17, 15) is 33.9 Å². The van der Waals surface area contributed by atoms with Crippen molar-refractivity contribution in [2.75, 3.05) is 6.61 Å². The molecule has 0 saturated carbocycles. The minimum atomic E-state index is -5.43. The van der Waals surface area contributed by atoms with Crippen molar-refractivity contribution in [1.29, 1.82) is 0 Å². The van der Waals surface area contributed by atoms with Crippen molar-refractivity contribution in [1.82, 2.24) is 9.55 Å². The number of hydrogen-bond donors (Lipinski definition) is 2. The Bertz CT molecular complexity index is 1700. The van der Waals surface area contributed by atoms with Gasteiger partial charge in [0.15, 0.2) is 6.23 Å². The van der Waals surface area contributed by atoms with E-state index in [4.69, 9.17) is 9.26 Å². The minimum absolute atomic E-state index is 0.343. The number of aliphatic hydroxyl groups is 2. The molecule has 0 bridgehead atoms. The van der Waals surface area contributed by atoms with Crippen LogP contribution in [0.2, 0.25) is 0 Å². The fourth-order valence-corrected chi connectivity index (χ4v) is 7.98. The minimum Gasteiger partial charge on any atom is -0.778 e. The van der Waals surface area contributed by atoms with E-state index in [0.717, 1.165) is 15.5 Å². The number of aliphatic hydroxyl groups excluding tert-OH is 2. The third kappa shape index (κ3) is 7.45. The highest BCUT2D eigenvalue weighted by atomic mass is 32.2. The monoisotopic (exact) mass is 632 g/mol. The number of nitrogens with zero attached hydrogens (tertiary/aromatic N) is 2. The molecule has 15 heteroatoms. The van der Waals surface area contributed by atoms with Crippen molar-refractivity contribution in [3.05, 3.63) is 107 Å². The van der Waals surface area contributed by atoms with Crippen LogP contribution in [0.4, 0.5) is 0 Å². The Kier molecular flexibility index (Phi) is 9.46. The maximum atomic E-state index is 12.7. The lowest BCUT2D eigenvalue weighted by atomic mass is 10.1. The van der Waals surface area contributed by atoms with E-state index in [1.165, 1.54) is 18.0 Å². The standard InChI is InChI=1S/C27H28N2O10P2S/c30-24-22(15-37-41(35,36)39-40(33,34)16-20-11-6-10-19-9-4-5-12-21(19)20)38-26(25(24)31)29-14-13-23(28-27(29)32)42-17-18-7-2-1-3-8-18/h1-14,22,24-26,30-31H,15-17H2,(H,33,34)(H,35,36)/p-2/t22-,24+,25?,26-/m1/s1. The summed E-state index contributed by atoms with van der Waals surface area (Å²) in [5.41, 5.74) is 0.621. The molecule has 222 valence electrons. The van der Waals surface area contributed by atoms with E-state index in [1.54, 1.807) is 48.5 Å². The highest BCUT2D eigenvalue weighted by Crippen LogP contribution is 2.57.